The number of aryl methyl sites for hydroxylation is 1. The van der Waals surface area contributed by atoms with Gasteiger partial charge in [0.05, 0.1) is 12.6 Å². The van der Waals surface area contributed by atoms with Gasteiger partial charge in [-0.05, 0) is 31.9 Å². The van der Waals surface area contributed by atoms with E-state index in [1.807, 2.05) is 25.1 Å². The van der Waals surface area contributed by atoms with Gasteiger partial charge in [-0.15, -0.1) is 0 Å². The molecule has 1 unspecified atom stereocenters. The Morgan fingerprint density at radius 1 is 1.56 bits per heavy atom. The van der Waals surface area contributed by atoms with Crippen molar-refractivity contribution >= 4 is 12.0 Å². The number of rotatable bonds is 3. The summed E-state index contributed by atoms with van der Waals surface area (Å²) in [6.07, 6.45) is 2.98. The van der Waals surface area contributed by atoms with Gasteiger partial charge in [0.2, 0.25) is 0 Å². The quantitative estimate of drug-likeness (QED) is 0.788. The summed E-state index contributed by atoms with van der Waals surface area (Å²) in [5.74, 6) is 0. The minimum Gasteiger partial charge on any atom is -0.394 e. The van der Waals surface area contributed by atoms with Crippen LogP contribution in [0.3, 0.4) is 0 Å². The van der Waals surface area contributed by atoms with Gasteiger partial charge >= 0.3 is 0 Å². The maximum absolute atomic E-state index is 11.0. The lowest BCUT2D eigenvalue weighted by Crippen LogP contribution is -2.32. The summed E-state index contributed by atoms with van der Waals surface area (Å²) in [6, 6.07) is 6.05. The van der Waals surface area contributed by atoms with E-state index in [0.717, 1.165) is 42.5 Å². The fraction of sp³-hybridized carbons (Fsp3) is 0.462. The molecule has 0 spiro atoms. The topological polar surface area (TPSA) is 40.5 Å². The predicted octanol–water partition coefficient (Wildman–Crippen LogP) is 1.77. The Balaban J connectivity index is 2.35. The number of nitrogens with zero attached hydrogens (tertiary/aromatic N) is 1. The highest BCUT2D eigenvalue weighted by Gasteiger charge is 2.25. The Morgan fingerprint density at radius 3 is 3.06 bits per heavy atom. The Kier molecular flexibility index (Phi) is 3.25. The first kappa shape index (κ1) is 11.1. The minimum absolute atomic E-state index is 0.159. The van der Waals surface area contributed by atoms with Gasteiger partial charge in [-0.25, -0.2) is 0 Å². The van der Waals surface area contributed by atoms with Gasteiger partial charge in [0.15, 0.2) is 6.29 Å². The normalized spacial score (nSPS) is 20.1. The van der Waals surface area contributed by atoms with Crippen molar-refractivity contribution in [2.24, 2.45) is 0 Å². The summed E-state index contributed by atoms with van der Waals surface area (Å²) in [5, 5.41) is 9.29. The van der Waals surface area contributed by atoms with Gasteiger partial charge in [0.1, 0.15) is 0 Å². The molecule has 3 nitrogen and oxygen atoms in total. The Morgan fingerprint density at radius 2 is 2.38 bits per heavy atom. The van der Waals surface area contributed by atoms with Gasteiger partial charge in [-0.2, -0.15) is 0 Å². The van der Waals surface area contributed by atoms with Gasteiger partial charge in [-0.3, -0.25) is 4.79 Å². The van der Waals surface area contributed by atoms with Gasteiger partial charge < -0.3 is 10.0 Å². The zero-order valence-electron chi connectivity index (χ0n) is 9.52. The fourth-order valence-electron chi connectivity index (χ4n) is 2.37. The molecule has 1 heterocycles. The van der Waals surface area contributed by atoms with E-state index in [1.165, 1.54) is 0 Å². The minimum atomic E-state index is 0.159. The first-order valence-electron chi connectivity index (χ1n) is 5.69. The fourth-order valence-corrected chi connectivity index (χ4v) is 2.37. The number of carbonyl (C=O) groups is 1. The standard InChI is InChI=1S/C13H17NO2/c1-10-4-5-13(11(7-10)8-15)14-6-2-3-12(14)9-16/h4-5,7-8,12,16H,2-3,6,9H2,1H3. The number of anilines is 1. The van der Waals surface area contributed by atoms with Crippen molar-refractivity contribution < 1.29 is 9.90 Å². The van der Waals surface area contributed by atoms with E-state index in [1.54, 1.807) is 0 Å². The predicted molar refractivity (Wildman–Crippen MR) is 64.0 cm³/mol. The molecule has 1 aliphatic rings. The number of hydrogen-bond acceptors (Lipinski definition) is 3. The third-order valence-electron chi connectivity index (χ3n) is 3.21. The van der Waals surface area contributed by atoms with Crippen molar-refractivity contribution in [2.45, 2.75) is 25.8 Å². The third kappa shape index (κ3) is 1.95. The zero-order valence-corrected chi connectivity index (χ0v) is 9.52. The molecule has 0 aliphatic carbocycles. The van der Waals surface area contributed by atoms with E-state index >= 15 is 0 Å². The molecule has 1 atom stereocenters. The van der Waals surface area contributed by atoms with E-state index in [0.29, 0.717) is 0 Å². The summed E-state index contributed by atoms with van der Waals surface area (Å²) in [5.41, 5.74) is 2.77. The highest BCUT2D eigenvalue weighted by Crippen LogP contribution is 2.28. The first-order valence-corrected chi connectivity index (χ1v) is 5.69. The summed E-state index contributed by atoms with van der Waals surface area (Å²) in [4.78, 5) is 13.2. The molecule has 0 aromatic heterocycles. The first-order chi connectivity index (χ1) is 7.76. The molecule has 1 N–H and O–H groups in total. The maximum atomic E-state index is 11.0. The average molecular weight is 219 g/mol. The second kappa shape index (κ2) is 4.66. The van der Waals surface area contributed by atoms with Gasteiger partial charge in [0.25, 0.3) is 0 Å². The van der Waals surface area contributed by atoms with Crippen LogP contribution in [0, 0.1) is 6.92 Å². The van der Waals surface area contributed by atoms with Crippen LogP contribution in [-0.2, 0) is 0 Å². The summed E-state index contributed by atoms with van der Waals surface area (Å²) in [6.45, 7) is 3.06. The molecule has 0 radical (unpaired) electrons. The zero-order chi connectivity index (χ0) is 11.5. The van der Waals surface area contributed by atoms with Crippen molar-refractivity contribution in [3.8, 4) is 0 Å². The number of benzene rings is 1. The Hall–Kier alpha value is -1.35. The van der Waals surface area contributed by atoms with Crippen LogP contribution >= 0.6 is 0 Å². The smallest absolute Gasteiger partial charge is 0.152 e. The number of aldehydes is 1. The molecule has 86 valence electrons. The van der Waals surface area contributed by atoms with Gasteiger partial charge in [-0.1, -0.05) is 11.6 Å². The van der Waals surface area contributed by atoms with Crippen molar-refractivity contribution in [3.63, 3.8) is 0 Å². The van der Waals surface area contributed by atoms with Gasteiger partial charge in [0, 0.05) is 17.8 Å². The molecule has 1 aliphatic heterocycles. The number of aliphatic hydroxyl groups is 1. The van der Waals surface area contributed by atoms with E-state index in [4.69, 9.17) is 0 Å². The molecule has 1 aromatic carbocycles. The van der Waals surface area contributed by atoms with Crippen LogP contribution in [0.4, 0.5) is 5.69 Å². The van der Waals surface area contributed by atoms with Crippen molar-refractivity contribution in [3.05, 3.63) is 29.3 Å². The highest BCUT2D eigenvalue weighted by atomic mass is 16.3. The summed E-state index contributed by atoms with van der Waals surface area (Å²) < 4.78 is 0. The highest BCUT2D eigenvalue weighted by molar-refractivity contribution is 5.85. The maximum Gasteiger partial charge on any atom is 0.152 e. The van der Waals surface area contributed by atoms with Crippen molar-refractivity contribution in [1.29, 1.82) is 0 Å². The molecular formula is C13H17NO2. The number of hydrogen-bond donors (Lipinski definition) is 1. The molecule has 0 amide bonds. The van der Waals surface area contributed by atoms with Crippen LogP contribution in [0.2, 0.25) is 0 Å². The monoisotopic (exact) mass is 219 g/mol. The lowest BCUT2D eigenvalue weighted by molar-refractivity contribution is 0.112. The molecule has 3 heteroatoms. The van der Waals surface area contributed by atoms with E-state index < -0.39 is 0 Å². The number of carbonyl (C=O) groups excluding carboxylic acids is 1. The molecule has 1 saturated heterocycles. The SMILES string of the molecule is Cc1ccc(N2CCCC2CO)c(C=O)c1. The van der Waals surface area contributed by atoms with E-state index in [9.17, 15) is 9.90 Å². The molecule has 1 aromatic rings. The summed E-state index contributed by atoms with van der Waals surface area (Å²) >= 11 is 0. The molecule has 0 saturated carbocycles. The molecular weight excluding hydrogens is 202 g/mol. The van der Waals surface area contributed by atoms with Crippen LogP contribution in [0.5, 0.6) is 0 Å². The van der Waals surface area contributed by atoms with Crippen molar-refractivity contribution in [1.82, 2.24) is 0 Å². The third-order valence-corrected chi connectivity index (χ3v) is 3.21. The second-order valence-corrected chi connectivity index (χ2v) is 4.35. The Bertz CT molecular complexity index is 390. The lowest BCUT2D eigenvalue weighted by atomic mass is 10.1. The average Bonchev–Trinajstić information content (AvgIpc) is 2.76. The second-order valence-electron chi connectivity index (χ2n) is 4.35. The lowest BCUT2D eigenvalue weighted by Gasteiger charge is -2.26. The van der Waals surface area contributed by atoms with Crippen LogP contribution in [0.15, 0.2) is 18.2 Å². The molecule has 16 heavy (non-hydrogen) atoms. The van der Waals surface area contributed by atoms with Crippen LogP contribution < -0.4 is 4.90 Å². The van der Waals surface area contributed by atoms with E-state index in [2.05, 4.69) is 4.90 Å². The molecule has 2 rings (SSSR count). The van der Waals surface area contributed by atoms with Crippen LogP contribution in [-0.4, -0.2) is 30.6 Å². The molecule has 0 bridgehead atoms. The van der Waals surface area contributed by atoms with Crippen LogP contribution in [0.25, 0.3) is 0 Å². The number of aliphatic hydroxyl groups excluding tert-OH is 1. The van der Waals surface area contributed by atoms with Crippen LogP contribution in [0.1, 0.15) is 28.8 Å². The summed E-state index contributed by atoms with van der Waals surface area (Å²) in [7, 11) is 0. The largest absolute Gasteiger partial charge is 0.394 e. The Labute approximate surface area is 95.7 Å². The van der Waals surface area contributed by atoms with Crippen molar-refractivity contribution in [2.75, 3.05) is 18.1 Å². The molecule has 1 fully saturated rings. The van der Waals surface area contributed by atoms with E-state index in [-0.39, 0.29) is 12.6 Å².